The zero-order valence-electron chi connectivity index (χ0n) is 17.6. The minimum absolute atomic E-state index is 0.0471. The number of hydrogen-bond donors (Lipinski definition) is 1. The number of nitrogens with zero attached hydrogens (tertiary/aromatic N) is 2. The summed E-state index contributed by atoms with van der Waals surface area (Å²) in [6, 6.07) is 5.48. The van der Waals surface area contributed by atoms with E-state index >= 15 is 0 Å². The summed E-state index contributed by atoms with van der Waals surface area (Å²) in [6.45, 7) is 0. The van der Waals surface area contributed by atoms with Gasteiger partial charge >= 0.3 is 0 Å². The van der Waals surface area contributed by atoms with Crippen LogP contribution in [-0.2, 0) is 11.2 Å². The number of aromatic nitrogens is 2. The van der Waals surface area contributed by atoms with Crippen LogP contribution < -0.4 is 14.8 Å². The molecule has 7 heteroatoms. The summed E-state index contributed by atoms with van der Waals surface area (Å²) in [5.74, 6) is 4.75. The van der Waals surface area contributed by atoms with Crippen LogP contribution in [0, 0.1) is 17.8 Å². The minimum Gasteiger partial charge on any atom is -0.493 e. The number of nitrogens with one attached hydrogen (secondary N) is 1. The molecular weight excluding hydrogens is 382 g/mol. The van der Waals surface area contributed by atoms with Crippen LogP contribution in [0.3, 0.4) is 0 Å². The number of hydrogen-bond acceptors (Lipinski definition) is 6. The van der Waals surface area contributed by atoms with Gasteiger partial charge in [0.05, 0.1) is 14.2 Å². The van der Waals surface area contributed by atoms with Crippen molar-refractivity contribution in [1.82, 2.24) is 15.5 Å². The van der Waals surface area contributed by atoms with E-state index in [2.05, 4.69) is 15.5 Å². The third-order valence-corrected chi connectivity index (χ3v) is 7.12. The highest BCUT2D eigenvalue weighted by molar-refractivity contribution is 5.77. The highest BCUT2D eigenvalue weighted by Crippen LogP contribution is 2.55. The molecule has 4 aliphatic rings. The van der Waals surface area contributed by atoms with Gasteiger partial charge in [0, 0.05) is 23.9 Å². The molecule has 1 heterocycles. The topological polar surface area (TPSA) is 86.5 Å². The van der Waals surface area contributed by atoms with E-state index in [0.29, 0.717) is 36.1 Å². The smallest absolute Gasteiger partial charge is 0.227 e. The number of carbonyl (C=O) groups is 1. The lowest BCUT2D eigenvalue weighted by molar-refractivity contribution is -0.126. The standard InChI is InChI=1S/C23H29N3O4/c1-28-18-4-3-17(10-19(18)29-2)22-24-21(30-26-22)6-5-20(27)25-23-11-14-7-15(12-23)9-16(8-14)13-23/h3-4,10,14-16H,5-9,11-13H2,1-2H3,(H,25,27). The van der Waals surface area contributed by atoms with Crippen LogP contribution in [0.5, 0.6) is 11.5 Å². The minimum atomic E-state index is 0.0471. The lowest BCUT2D eigenvalue weighted by Gasteiger charge is -2.56. The Hall–Kier alpha value is -2.57. The molecule has 1 N–H and O–H groups in total. The van der Waals surface area contributed by atoms with Crippen molar-refractivity contribution in [1.29, 1.82) is 0 Å². The molecule has 4 fully saturated rings. The molecule has 0 saturated heterocycles. The highest BCUT2D eigenvalue weighted by atomic mass is 16.5. The molecule has 4 aliphatic carbocycles. The fourth-order valence-electron chi connectivity index (χ4n) is 6.29. The summed E-state index contributed by atoms with van der Waals surface area (Å²) in [5.41, 5.74) is 0.826. The van der Waals surface area contributed by atoms with Crippen LogP contribution in [0.4, 0.5) is 0 Å². The Labute approximate surface area is 176 Å². The summed E-state index contributed by atoms with van der Waals surface area (Å²) in [4.78, 5) is 17.2. The first-order valence-corrected chi connectivity index (χ1v) is 10.9. The molecule has 6 rings (SSSR count). The lowest BCUT2D eigenvalue weighted by Crippen LogP contribution is -2.59. The average Bonchev–Trinajstić information content (AvgIpc) is 3.19. The first-order valence-electron chi connectivity index (χ1n) is 10.9. The molecular formula is C23H29N3O4. The van der Waals surface area contributed by atoms with Gasteiger partial charge in [-0.25, -0.2) is 0 Å². The van der Waals surface area contributed by atoms with Gasteiger partial charge in [-0.2, -0.15) is 4.98 Å². The van der Waals surface area contributed by atoms with Gasteiger partial charge in [0.1, 0.15) is 0 Å². The fourth-order valence-corrected chi connectivity index (χ4v) is 6.29. The van der Waals surface area contributed by atoms with E-state index in [-0.39, 0.29) is 11.4 Å². The highest BCUT2D eigenvalue weighted by Gasteiger charge is 2.51. The van der Waals surface area contributed by atoms with Crippen molar-refractivity contribution < 1.29 is 18.8 Å². The molecule has 1 amide bonds. The van der Waals surface area contributed by atoms with E-state index in [4.69, 9.17) is 14.0 Å². The van der Waals surface area contributed by atoms with Gasteiger partial charge in [-0.05, 0) is 74.5 Å². The third kappa shape index (κ3) is 3.66. The van der Waals surface area contributed by atoms with Gasteiger partial charge in [-0.1, -0.05) is 5.16 Å². The molecule has 0 radical (unpaired) electrons. The number of amides is 1. The maximum absolute atomic E-state index is 12.7. The summed E-state index contributed by atoms with van der Waals surface area (Å²) < 4.78 is 16.0. The van der Waals surface area contributed by atoms with Gasteiger partial charge in [-0.15, -0.1) is 0 Å². The summed E-state index contributed by atoms with van der Waals surface area (Å²) in [6.07, 6.45) is 8.41. The van der Waals surface area contributed by atoms with Crippen LogP contribution in [0.1, 0.15) is 50.8 Å². The predicted molar refractivity (Wildman–Crippen MR) is 110 cm³/mol. The van der Waals surface area contributed by atoms with Gasteiger partial charge in [0.25, 0.3) is 0 Å². The fraction of sp³-hybridized carbons (Fsp3) is 0.609. The Bertz CT molecular complexity index is 903. The number of methoxy groups -OCH3 is 2. The van der Waals surface area contributed by atoms with Crippen molar-refractivity contribution in [2.75, 3.05) is 14.2 Å². The number of benzene rings is 1. The second-order valence-corrected chi connectivity index (χ2v) is 9.33. The second kappa shape index (κ2) is 7.60. The zero-order chi connectivity index (χ0) is 20.7. The van der Waals surface area contributed by atoms with Crippen molar-refractivity contribution in [2.24, 2.45) is 17.8 Å². The van der Waals surface area contributed by atoms with Gasteiger partial charge in [0.2, 0.25) is 17.6 Å². The van der Waals surface area contributed by atoms with Crippen molar-refractivity contribution >= 4 is 5.91 Å². The van der Waals surface area contributed by atoms with Crippen LogP contribution in [-0.4, -0.2) is 35.8 Å². The molecule has 1 aromatic carbocycles. The molecule has 2 aromatic rings. The number of aryl methyl sites for hydroxylation is 1. The normalized spacial score (nSPS) is 29.1. The molecule has 4 bridgehead atoms. The Kier molecular flexibility index (Phi) is 4.91. The maximum Gasteiger partial charge on any atom is 0.227 e. The van der Waals surface area contributed by atoms with E-state index in [1.165, 1.54) is 19.3 Å². The monoisotopic (exact) mass is 411 g/mol. The molecule has 7 nitrogen and oxygen atoms in total. The number of ether oxygens (including phenoxy) is 2. The van der Waals surface area contributed by atoms with Gasteiger partial charge in [-0.3, -0.25) is 4.79 Å². The summed E-state index contributed by atoms with van der Waals surface area (Å²) >= 11 is 0. The maximum atomic E-state index is 12.7. The molecule has 30 heavy (non-hydrogen) atoms. The Morgan fingerprint density at radius 3 is 2.40 bits per heavy atom. The zero-order valence-corrected chi connectivity index (χ0v) is 17.6. The Morgan fingerprint density at radius 2 is 1.77 bits per heavy atom. The van der Waals surface area contributed by atoms with Crippen molar-refractivity contribution in [3.05, 3.63) is 24.1 Å². The largest absolute Gasteiger partial charge is 0.493 e. The molecule has 0 unspecified atom stereocenters. The van der Waals surface area contributed by atoms with Gasteiger partial charge in [0.15, 0.2) is 11.5 Å². The molecule has 0 aliphatic heterocycles. The third-order valence-electron chi connectivity index (χ3n) is 7.12. The van der Waals surface area contributed by atoms with E-state index in [9.17, 15) is 4.79 Å². The first-order chi connectivity index (χ1) is 14.6. The average molecular weight is 412 g/mol. The van der Waals surface area contributed by atoms with Crippen LogP contribution in [0.25, 0.3) is 11.4 Å². The van der Waals surface area contributed by atoms with E-state index in [1.807, 2.05) is 18.2 Å². The van der Waals surface area contributed by atoms with E-state index in [1.54, 1.807) is 14.2 Å². The SMILES string of the molecule is COc1ccc(-c2noc(CCC(=O)NC34CC5CC(CC(C5)C3)C4)n2)cc1OC. The molecule has 4 saturated carbocycles. The first kappa shape index (κ1) is 19.4. The van der Waals surface area contributed by atoms with E-state index in [0.717, 1.165) is 42.6 Å². The number of rotatable bonds is 7. The van der Waals surface area contributed by atoms with Crippen LogP contribution in [0.15, 0.2) is 22.7 Å². The van der Waals surface area contributed by atoms with Crippen molar-refractivity contribution in [2.45, 2.75) is 56.9 Å². The predicted octanol–water partition coefficient (Wildman–Crippen LogP) is 3.77. The molecule has 1 aromatic heterocycles. The number of carbonyl (C=O) groups excluding carboxylic acids is 1. The quantitative estimate of drug-likeness (QED) is 0.746. The van der Waals surface area contributed by atoms with Crippen LogP contribution in [0.2, 0.25) is 0 Å². The Morgan fingerprint density at radius 1 is 1.10 bits per heavy atom. The van der Waals surface area contributed by atoms with Crippen LogP contribution >= 0.6 is 0 Å². The summed E-state index contributed by atoms with van der Waals surface area (Å²) in [7, 11) is 3.18. The van der Waals surface area contributed by atoms with Crippen molar-refractivity contribution in [3.8, 4) is 22.9 Å². The summed E-state index contributed by atoms with van der Waals surface area (Å²) in [5, 5.41) is 7.46. The Balaban J connectivity index is 1.20. The molecule has 0 atom stereocenters. The molecule has 160 valence electrons. The lowest BCUT2D eigenvalue weighted by atomic mass is 9.53. The van der Waals surface area contributed by atoms with Gasteiger partial charge < -0.3 is 19.3 Å². The van der Waals surface area contributed by atoms with E-state index < -0.39 is 0 Å². The second-order valence-electron chi connectivity index (χ2n) is 9.33. The molecule has 0 spiro atoms. The van der Waals surface area contributed by atoms with Crippen molar-refractivity contribution in [3.63, 3.8) is 0 Å².